The number of aryl methyl sites for hydroxylation is 1. The van der Waals surface area contributed by atoms with Crippen molar-refractivity contribution in [2.75, 3.05) is 13.6 Å². The van der Waals surface area contributed by atoms with Gasteiger partial charge in [0.2, 0.25) is 0 Å². The highest BCUT2D eigenvalue weighted by molar-refractivity contribution is 5.92. The largest absolute Gasteiger partial charge is 0.340 e. The third kappa shape index (κ3) is 2.53. The van der Waals surface area contributed by atoms with Crippen LogP contribution >= 0.6 is 0 Å². The van der Waals surface area contributed by atoms with Gasteiger partial charge in [-0.15, -0.1) is 0 Å². The molecule has 4 heteroatoms. The van der Waals surface area contributed by atoms with E-state index < -0.39 is 0 Å². The van der Waals surface area contributed by atoms with Crippen LogP contribution in [0.2, 0.25) is 0 Å². The molecule has 4 nitrogen and oxygen atoms in total. The maximum Gasteiger partial charge on any atom is 0.273 e. The molecule has 96 valence electrons. The van der Waals surface area contributed by atoms with Crippen molar-refractivity contribution in [2.24, 2.45) is 0 Å². The maximum atomic E-state index is 12.2. The number of unbranched alkanes of at least 4 members (excludes halogenated alkanes) is 1. The van der Waals surface area contributed by atoms with E-state index in [2.05, 4.69) is 11.9 Å². The molecule has 0 aliphatic rings. The van der Waals surface area contributed by atoms with Gasteiger partial charge in [0.15, 0.2) is 0 Å². The maximum absolute atomic E-state index is 12.2. The van der Waals surface area contributed by atoms with E-state index >= 15 is 0 Å². The lowest BCUT2D eigenvalue weighted by atomic mass is 10.3. The quantitative estimate of drug-likeness (QED) is 0.830. The predicted octanol–water partition coefficient (Wildman–Crippen LogP) is 2.51. The van der Waals surface area contributed by atoms with Crippen molar-refractivity contribution in [3.63, 3.8) is 0 Å². The first-order valence-electron chi connectivity index (χ1n) is 6.32. The van der Waals surface area contributed by atoms with Crippen molar-refractivity contribution >= 4 is 11.6 Å². The number of fused-ring (bicyclic) bond motifs is 1. The van der Waals surface area contributed by atoms with E-state index in [4.69, 9.17) is 0 Å². The molecule has 0 unspecified atom stereocenters. The minimum atomic E-state index is -0.00944. The zero-order valence-corrected chi connectivity index (χ0v) is 11.2. The molecule has 0 saturated carbocycles. The van der Waals surface area contributed by atoms with E-state index in [1.165, 1.54) is 0 Å². The normalized spacial score (nSPS) is 10.8. The third-order valence-electron chi connectivity index (χ3n) is 3.01. The highest BCUT2D eigenvalue weighted by atomic mass is 16.2. The Morgan fingerprint density at radius 1 is 1.39 bits per heavy atom. The van der Waals surface area contributed by atoms with Crippen molar-refractivity contribution < 1.29 is 4.79 Å². The van der Waals surface area contributed by atoms with Crippen molar-refractivity contribution in [3.05, 3.63) is 35.8 Å². The number of rotatable bonds is 4. The fourth-order valence-electron chi connectivity index (χ4n) is 1.90. The molecular weight excluding hydrogens is 226 g/mol. The Morgan fingerprint density at radius 2 is 2.17 bits per heavy atom. The second kappa shape index (κ2) is 5.21. The van der Waals surface area contributed by atoms with Gasteiger partial charge in [0, 0.05) is 26.0 Å². The topological polar surface area (TPSA) is 37.6 Å². The molecule has 0 radical (unpaired) electrons. The zero-order chi connectivity index (χ0) is 13.1. The van der Waals surface area contributed by atoms with Crippen LogP contribution in [0.5, 0.6) is 0 Å². The molecule has 2 rings (SSSR count). The highest BCUT2D eigenvalue weighted by Gasteiger charge is 2.14. The molecule has 0 aliphatic heterocycles. The van der Waals surface area contributed by atoms with Gasteiger partial charge in [-0.2, -0.15) is 0 Å². The number of pyridine rings is 1. The molecule has 0 bridgehead atoms. The van der Waals surface area contributed by atoms with Gasteiger partial charge in [0.1, 0.15) is 11.3 Å². The minimum absolute atomic E-state index is 0.00944. The Hall–Kier alpha value is -1.84. The first kappa shape index (κ1) is 12.6. The van der Waals surface area contributed by atoms with Crippen LogP contribution in [0.3, 0.4) is 0 Å². The third-order valence-corrected chi connectivity index (χ3v) is 3.01. The lowest BCUT2D eigenvalue weighted by Gasteiger charge is -2.14. The second-order valence-electron chi connectivity index (χ2n) is 4.68. The summed E-state index contributed by atoms with van der Waals surface area (Å²) in [7, 11) is 1.83. The van der Waals surface area contributed by atoms with Gasteiger partial charge in [-0.05, 0) is 25.0 Å². The number of carbonyl (C=O) groups is 1. The summed E-state index contributed by atoms with van der Waals surface area (Å²) in [6.45, 7) is 4.92. The number of imidazole rings is 1. The molecule has 0 aromatic carbocycles. The Labute approximate surface area is 107 Å². The molecule has 0 atom stereocenters. The predicted molar refractivity (Wildman–Crippen MR) is 71.8 cm³/mol. The summed E-state index contributed by atoms with van der Waals surface area (Å²) in [5.74, 6) is -0.00944. The number of hydrogen-bond donors (Lipinski definition) is 0. The van der Waals surface area contributed by atoms with Crippen LogP contribution in [0.15, 0.2) is 24.5 Å². The summed E-state index contributed by atoms with van der Waals surface area (Å²) in [5, 5.41) is 0. The number of aromatic nitrogens is 2. The van der Waals surface area contributed by atoms with Crippen LogP contribution in [-0.4, -0.2) is 33.8 Å². The van der Waals surface area contributed by atoms with Gasteiger partial charge in [0.05, 0.1) is 0 Å². The van der Waals surface area contributed by atoms with E-state index in [1.54, 1.807) is 11.1 Å². The van der Waals surface area contributed by atoms with Crippen LogP contribution in [0, 0.1) is 6.92 Å². The Bertz CT molecular complexity index is 559. The molecule has 2 heterocycles. The molecule has 0 spiro atoms. The van der Waals surface area contributed by atoms with Gasteiger partial charge in [-0.1, -0.05) is 19.4 Å². The van der Waals surface area contributed by atoms with Crippen molar-refractivity contribution in [3.8, 4) is 0 Å². The van der Waals surface area contributed by atoms with Crippen LogP contribution in [0.25, 0.3) is 5.65 Å². The lowest BCUT2D eigenvalue weighted by molar-refractivity contribution is 0.0788. The van der Waals surface area contributed by atoms with Gasteiger partial charge < -0.3 is 9.30 Å². The molecule has 1 amide bonds. The van der Waals surface area contributed by atoms with Crippen LogP contribution in [0.4, 0.5) is 0 Å². The molecule has 0 fully saturated rings. The van der Waals surface area contributed by atoms with Crippen molar-refractivity contribution in [1.29, 1.82) is 0 Å². The number of nitrogens with zero attached hydrogens (tertiary/aromatic N) is 3. The van der Waals surface area contributed by atoms with E-state index in [-0.39, 0.29) is 5.91 Å². The van der Waals surface area contributed by atoms with E-state index in [0.717, 1.165) is 30.6 Å². The monoisotopic (exact) mass is 245 g/mol. The molecule has 2 aromatic heterocycles. The summed E-state index contributed by atoms with van der Waals surface area (Å²) in [5.41, 5.74) is 2.48. The summed E-state index contributed by atoms with van der Waals surface area (Å²) >= 11 is 0. The Kier molecular flexibility index (Phi) is 3.65. The SMILES string of the molecule is CCCCN(C)C(=O)c1cn2cc(C)ccc2n1. The van der Waals surface area contributed by atoms with E-state index in [9.17, 15) is 4.79 Å². The minimum Gasteiger partial charge on any atom is -0.340 e. The zero-order valence-electron chi connectivity index (χ0n) is 11.2. The summed E-state index contributed by atoms with van der Waals surface area (Å²) in [6, 6.07) is 3.93. The fraction of sp³-hybridized carbons (Fsp3) is 0.429. The Balaban J connectivity index is 2.22. The average Bonchev–Trinajstić information content (AvgIpc) is 2.77. The molecule has 0 saturated heterocycles. The average molecular weight is 245 g/mol. The van der Waals surface area contributed by atoms with Crippen molar-refractivity contribution in [1.82, 2.24) is 14.3 Å². The molecule has 0 N–H and O–H groups in total. The van der Waals surface area contributed by atoms with Crippen molar-refractivity contribution in [2.45, 2.75) is 26.7 Å². The fourth-order valence-corrected chi connectivity index (χ4v) is 1.90. The van der Waals surface area contributed by atoms with E-state index in [1.807, 2.05) is 36.7 Å². The van der Waals surface area contributed by atoms with E-state index in [0.29, 0.717) is 5.69 Å². The van der Waals surface area contributed by atoms with Crippen LogP contribution in [0.1, 0.15) is 35.8 Å². The van der Waals surface area contributed by atoms with Crippen LogP contribution in [-0.2, 0) is 0 Å². The second-order valence-corrected chi connectivity index (χ2v) is 4.68. The Morgan fingerprint density at radius 3 is 2.89 bits per heavy atom. The lowest BCUT2D eigenvalue weighted by Crippen LogP contribution is -2.27. The highest BCUT2D eigenvalue weighted by Crippen LogP contribution is 2.09. The molecule has 2 aromatic rings. The summed E-state index contributed by atoms with van der Waals surface area (Å²) in [4.78, 5) is 18.2. The smallest absolute Gasteiger partial charge is 0.273 e. The van der Waals surface area contributed by atoms with Gasteiger partial charge >= 0.3 is 0 Å². The molecule has 0 aliphatic carbocycles. The standard InChI is InChI=1S/C14H19N3O/c1-4-5-8-16(3)14(18)12-10-17-9-11(2)6-7-13(17)15-12/h6-7,9-10H,4-5,8H2,1-3H3. The van der Waals surface area contributed by atoms with Gasteiger partial charge in [-0.3, -0.25) is 4.79 Å². The summed E-state index contributed by atoms with van der Waals surface area (Å²) in [6.07, 6.45) is 5.88. The first-order chi connectivity index (χ1) is 8.61. The number of carbonyl (C=O) groups excluding carboxylic acids is 1. The first-order valence-corrected chi connectivity index (χ1v) is 6.32. The van der Waals surface area contributed by atoms with Gasteiger partial charge in [-0.25, -0.2) is 4.98 Å². The van der Waals surface area contributed by atoms with Crippen LogP contribution < -0.4 is 0 Å². The molecular formula is C14H19N3O. The van der Waals surface area contributed by atoms with Gasteiger partial charge in [0.25, 0.3) is 5.91 Å². The molecule has 18 heavy (non-hydrogen) atoms. The summed E-state index contributed by atoms with van der Waals surface area (Å²) < 4.78 is 1.90. The number of hydrogen-bond acceptors (Lipinski definition) is 2. The number of amides is 1.